The van der Waals surface area contributed by atoms with Crippen molar-refractivity contribution in [2.75, 3.05) is 6.61 Å². The van der Waals surface area contributed by atoms with Crippen molar-refractivity contribution in [3.05, 3.63) is 32.4 Å². The number of hydrogen-bond acceptors (Lipinski definition) is 6. The van der Waals surface area contributed by atoms with Crippen molar-refractivity contribution >= 4 is 11.1 Å². The van der Waals surface area contributed by atoms with Crippen molar-refractivity contribution in [2.45, 2.75) is 51.6 Å². The number of rotatable bonds is 6. The first-order valence-electron chi connectivity index (χ1n) is 8.93. The van der Waals surface area contributed by atoms with Crippen LogP contribution in [0.15, 0.2) is 20.1 Å². The lowest BCUT2D eigenvalue weighted by atomic mass is 9.81. The highest BCUT2D eigenvalue weighted by molar-refractivity contribution is 5.75. The van der Waals surface area contributed by atoms with Gasteiger partial charge in [0.15, 0.2) is 6.61 Å². The van der Waals surface area contributed by atoms with E-state index in [0.717, 1.165) is 19.3 Å². The number of aromatic amines is 1. The van der Waals surface area contributed by atoms with Crippen molar-refractivity contribution in [3.63, 3.8) is 0 Å². The Balaban J connectivity index is 1.71. The average molecular weight is 358 g/mol. The van der Waals surface area contributed by atoms with Gasteiger partial charge in [-0.1, -0.05) is 44.4 Å². The zero-order valence-electron chi connectivity index (χ0n) is 14.7. The van der Waals surface area contributed by atoms with E-state index in [-0.39, 0.29) is 23.7 Å². The molecule has 1 saturated carbocycles. The Kier molecular flexibility index (Phi) is 5.74. The second-order valence-electron chi connectivity index (χ2n) is 6.55. The lowest BCUT2D eigenvalue weighted by molar-refractivity contribution is 0.161. The molecule has 1 unspecified atom stereocenters. The van der Waals surface area contributed by atoms with E-state index in [2.05, 4.69) is 21.8 Å². The molecular formula is C19H22N2O5. The minimum atomic E-state index is -0.665. The van der Waals surface area contributed by atoms with Gasteiger partial charge in [0.2, 0.25) is 5.71 Å². The first-order chi connectivity index (χ1) is 12.6. The van der Waals surface area contributed by atoms with Crippen molar-refractivity contribution < 1.29 is 14.3 Å². The number of fused-ring (bicyclic) bond motifs is 1. The lowest BCUT2D eigenvalue weighted by Gasteiger charge is -2.25. The average Bonchev–Trinajstić information content (AvgIpc) is 2.54. The highest BCUT2D eigenvalue weighted by Gasteiger charge is 2.19. The molecular weight excluding hydrogens is 336 g/mol. The molecule has 0 aromatic carbocycles. The molecule has 1 atom stereocenters. The van der Waals surface area contributed by atoms with E-state index in [1.165, 1.54) is 12.5 Å². The zero-order valence-corrected chi connectivity index (χ0v) is 14.7. The number of aliphatic hydroxyl groups is 1. The number of hydrogen-bond donors (Lipinski definition) is 2. The molecule has 2 N–H and O–H groups in total. The number of ether oxygens (including phenoxy) is 1. The summed E-state index contributed by atoms with van der Waals surface area (Å²) in [6, 6.07) is 1.25. The molecule has 138 valence electrons. The SMILES string of the molecule is CCCc1cc(=O)oc2nc(OCC#CC(O)CC3CCC3)[nH]c(=O)c12. The summed E-state index contributed by atoms with van der Waals surface area (Å²) >= 11 is 0. The molecule has 1 aliphatic rings. The first-order valence-corrected chi connectivity index (χ1v) is 8.93. The summed E-state index contributed by atoms with van der Waals surface area (Å²) in [5.41, 5.74) is -0.408. The Hall–Kier alpha value is -2.59. The Bertz CT molecular complexity index is 946. The quantitative estimate of drug-likeness (QED) is 0.763. The molecule has 0 saturated heterocycles. The maximum Gasteiger partial charge on any atom is 0.337 e. The fraction of sp³-hybridized carbons (Fsp3) is 0.526. The fourth-order valence-electron chi connectivity index (χ4n) is 3.03. The van der Waals surface area contributed by atoms with Crippen molar-refractivity contribution in [1.29, 1.82) is 0 Å². The predicted octanol–water partition coefficient (Wildman–Crippen LogP) is 1.76. The van der Waals surface area contributed by atoms with Crippen LogP contribution >= 0.6 is 0 Å². The van der Waals surface area contributed by atoms with Crippen LogP contribution in [0.5, 0.6) is 6.01 Å². The second kappa shape index (κ2) is 8.19. The van der Waals surface area contributed by atoms with Crippen LogP contribution < -0.4 is 15.9 Å². The van der Waals surface area contributed by atoms with Gasteiger partial charge < -0.3 is 14.3 Å². The minimum Gasteiger partial charge on any atom is -0.451 e. The Morgan fingerprint density at radius 3 is 2.96 bits per heavy atom. The summed E-state index contributed by atoms with van der Waals surface area (Å²) in [5, 5.41) is 10.1. The third kappa shape index (κ3) is 4.33. The van der Waals surface area contributed by atoms with Crippen LogP contribution in [-0.4, -0.2) is 27.8 Å². The van der Waals surface area contributed by atoms with E-state index < -0.39 is 17.3 Å². The van der Waals surface area contributed by atoms with Crippen LogP contribution in [0.3, 0.4) is 0 Å². The number of aryl methyl sites for hydroxylation is 1. The van der Waals surface area contributed by atoms with Crippen molar-refractivity contribution in [1.82, 2.24) is 9.97 Å². The molecule has 3 rings (SSSR count). The molecule has 0 bridgehead atoms. The van der Waals surface area contributed by atoms with Gasteiger partial charge in [0.05, 0.1) is 0 Å². The highest BCUT2D eigenvalue weighted by Crippen LogP contribution is 2.30. The van der Waals surface area contributed by atoms with Crippen LogP contribution in [-0.2, 0) is 6.42 Å². The van der Waals surface area contributed by atoms with Gasteiger partial charge in [-0.25, -0.2) is 4.79 Å². The third-order valence-corrected chi connectivity index (χ3v) is 4.53. The van der Waals surface area contributed by atoms with Crippen LogP contribution in [0.2, 0.25) is 0 Å². The van der Waals surface area contributed by atoms with E-state index in [4.69, 9.17) is 9.15 Å². The first kappa shape index (κ1) is 18.2. The summed E-state index contributed by atoms with van der Waals surface area (Å²) < 4.78 is 10.4. The van der Waals surface area contributed by atoms with Crippen LogP contribution in [0.1, 0.15) is 44.6 Å². The Labute approximate surface area is 150 Å². The molecule has 7 nitrogen and oxygen atoms in total. The van der Waals surface area contributed by atoms with Gasteiger partial charge in [-0.3, -0.25) is 9.78 Å². The van der Waals surface area contributed by atoms with Crippen LogP contribution in [0.25, 0.3) is 11.1 Å². The molecule has 2 aromatic rings. The van der Waals surface area contributed by atoms with E-state index in [1.807, 2.05) is 6.92 Å². The van der Waals surface area contributed by atoms with Gasteiger partial charge in [-0.05, 0) is 24.3 Å². The highest BCUT2D eigenvalue weighted by atomic mass is 16.5. The maximum atomic E-state index is 12.3. The minimum absolute atomic E-state index is 0.0327. The van der Waals surface area contributed by atoms with E-state index in [9.17, 15) is 14.7 Å². The van der Waals surface area contributed by atoms with Crippen molar-refractivity contribution in [2.24, 2.45) is 5.92 Å². The van der Waals surface area contributed by atoms with Gasteiger partial charge in [-0.2, -0.15) is 4.98 Å². The van der Waals surface area contributed by atoms with E-state index in [1.54, 1.807) is 0 Å². The summed E-state index contributed by atoms with van der Waals surface area (Å²) in [4.78, 5) is 30.5. The molecule has 0 amide bonds. The number of H-pyrrole nitrogens is 1. The van der Waals surface area contributed by atoms with E-state index >= 15 is 0 Å². The molecule has 7 heteroatoms. The van der Waals surface area contributed by atoms with Crippen LogP contribution in [0.4, 0.5) is 0 Å². The molecule has 0 spiro atoms. The molecule has 0 aliphatic heterocycles. The molecule has 2 heterocycles. The Morgan fingerprint density at radius 1 is 1.46 bits per heavy atom. The van der Waals surface area contributed by atoms with Crippen LogP contribution in [0, 0.1) is 17.8 Å². The second-order valence-corrected chi connectivity index (χ2v) is 6.55. The van der Waals surface area contributed by atoms with E-state index in [0.29, 0.717) is 24.3 Å². The monoisotopic (exact) mass is 358 g/mol. The van der Waals surface area contributed by atoms with Gasteiger partial charge in [0.25, 0.3) is 5.56 Å². The smallest absolute Gasteiger partial charge is 0.337 e. The summed E-state index contributed by atoms with van der Waals surface area (Å²) in [5.74, 6) is 6.02. The summed E-state index contributed by atoms with van der Waals surface area (Å²) in [6.07, 6.45) is 4.92. The van der Waals surface area contributed by atoms with Gasteiger partial charge in [0, 0.05) is 6.07 Å². The molecule has 1 fully saturated rings. The third-order valence-electron chi connectivity index (χ3n) is 4.53. The molecule has 2 aromatic heterocycles. The number of nitrogens with one attached hydrogen (secondary N) is 1. The number of aliphatic hydroxyl groups excluding tert-OH is 1. The Morgan fingerprint density at radius 2 is 2.27 bits per heavy atom. The lowest BCUT2D eigenvalue weighted by Crippen LogP contribution is -2.18. The predicted molar refractivity (Wildman–Crippen MR) is 96.1 cm³/mol. The summed E-state index contributed by atoms with van der Waals surface area (Å²) in [7, 11) is 0. The standard InChI is InChI=1S/C19H22N2O5/c1-2-5-13-11-15(23)26-18-16(13)17(24)20-19(21-18)25-9-4-8-14(22)10-12-6-3-7-12/h11-12,14,22H,2-3,5-7,9-10H2,1H3,(H,20,21,24). The topological polar surface area (TPSA) is 105 Å². The van der Waals surface area contributed by atoms with Gasteiger partial charge in [-0.15, -0.1) is 0 Å². The van der Waals surface area contributed by atoms with Gasteiger partial charge in [0.1, 0.15) is 11.5 Å². The zero-order chi connectivity index (χ0) is 18.5. The normalized spacial score (nSPS) is 15.2. The fourth-order valence-corrected chi connectivity index (χ4v) is 3.03. The summed E-state index contributed by atoms with van der Waals surface area (Å²) in [6.45, 7) is 1.92. The molecule has 0 radical (unpaired) electrons. The molecule has 1 aliphatic carbocycles. The maximum absolute atomic E-state index is 12.3. The number of aromatic nitrogens is 2. The number of nitrogens with zero attached hydrogens (tertiary/aromatic N) is 1. The molecule has 26 heavy (non-hydrogen) atoms. The van der Waals surface area contributed by atoms with Crippen molar-refractivity contribution in [3.8, 4) is 17.9 Å². The largest absolute Gasteiger partial charge is 0.451 e. The van der Waals surface area contributed by atoms with Gasteiger partial charge >= 0.3 is 11.6 Å².